The van der Waals surface area contributed by atoms with Gasteiger partial charge in [-0.2, -0.15) is 0 Å². The Morgan fingerprint density at radius 2 is 1.96 bits per heavy atom. The molecule has 0 atom stereocenters. The van der Waals surface area contributed by atoms with E-state index in [4.69, 9.17) is 14.5 Å². The maximum atomic E-state index is 5.95. The van der Waals surface area contributed by atoms with Crippen LogP contribution in [-0.2, 0) is 11.3 Å². The summed E-state index contributed by atoms with van der Waals surface area (Å²) in [4.78, 5) is 7.00. The van der Waals surface area contributed by atoms with Crippen molar-refractivity contribution in [3.05, 3.63) is 29.3 Å². The smallest absolute Gasteiger partial charge is 0.191 e. The van der Waals surface area contributed by atoms with Crippen LogP contribution in [0, 0.1) is 6.92 Å². The van der Waals surface area contributed by atoms with Crippen molar-refractivity contribution in [2.45, 2.75) is 46.8 Å². The van der Waals surface area contributed by atoms with Gasteiger partial charge in [-0.25, -0.2) is 4.99 Å². The first-order valence-electron chi connectivity index (χ1n) is 9.92. The Bertz CT molecular complexity index is 567. The Morgan fingerprint density at radius 3 is 2.61 bits per heavy atom. The Hall–Kier alpha value is -1.06. The van der Waals surface area contributed by atoms with Gasteiger partial charge in [-0.05, 0) is 59.3 Å². The molecule has 1 rings (SSSR count). The lowest BCUT2D eigenvalue weighted by molar-refractivity contribution is 0.161. The van der Waals surface area contributed by atoms with E-state index < -0.39 is 0 Å². The Balaban J connectivity index is 0.00000729. The van der Waals surface area contributed by atoms with Crippen LogP contribution >= 0.6 is 24.0 Å². The molecule has 0 saturated carbocycles. The van der Waals surface area contributed by atoms with Crippen LogP contribution in [0.3, 0.4) is 0 Å². The molecule has 0 unspecified atom stereocenters. The molecule has 0 fully saturated rings. The lowest BCUT2D eigenvalue weighted by Gasteiger charge is -2.17. The average molecular weight is 506 g/mol. The zero-order valence-electron chi connectivity index (χ0n) is 18.4. The highest BCUT2D eigenvalue weighted by molar-refractivity contribution is 14.0. The topological polar surface area (TPSA) is 58.1 Å². The van der Waals surface area contributed by atoms with Crippen LogP contribution in [0.2, 0.25) is 0 Å². The van der Waals surface area contributed by atoms with Gasteiger partial charge in [0.1, 0.15) is 5.75 Å². The minimum atomic E-state index is 0. The monoisotopic (exact) mass is 506 g/mol. The molecule has 7 heteroatoms. The number of nitrogens with one attached hydrogen (secondary N) is 2. The minimum Gasteiger partial charge on any atom is -0.491 e. The molecule has 0 radical (unpaired) electrons. The minimum absolute atomic E-state index is 0. The summed E-state index contributed by atoms with van der Waals surface area (Å²) in [7, 11) is 3.85. The van der Waals surface area contributed by atoms with Crippen molar-refractivity contribution in [3.63, 3.8) is 0 Å². The highest BCUT2D eigenvalue weighted by Gasteiger charge is 2.07. The van der Waals surface area contributed by atoms with Crippen LogP contribution in [0.5, 0.6) is 5.75 Å². The summed E-state index contributed by atoms with van der Waals surface area (Å²) in [5.74, 6) is 1.76. The third kappa shape index (κ3) is 11.7. The standard InChI is InChI=1S/C21H38N4O2.HI/c1-7-22-21(23-11-8-12-25(5)13-14-26-6)24-16-19-10-9-18(4)15-20(19)27-17(2)3;/h9-10,15,17H,7-8,11-14,16H2,1-6H3,(H2,22,23,24);1H. The quantitative estimate of drug-likeness (QED) is 0.197. The molecule has 1 aromatic carbocycles. The number of rotatable bonds is 12. The zero-order chi connectivity index (χ0) is 20.1. The first-order valence-corrected chi connectivity index (χ1v) is 9.92. The largest absolute Gasteiger partial charge is 0.491 e. The third-order valence-corrected chi connectivity index (χ3v) is 4.02. The van der Waals surface area contributed by atoms with Crippen LogP contribution < -0.4 is 15.4 Å². The van der Waals surface area contributed by atoms with Crippen molar-refractivity contribution in [1.82, 2.24) is 15.5 Å². The van der Waals surface area contributed by atoms with E-state index in [9.17, 15) is 0 Å². The maximum Gasteiger partial charge on any atom is 0.191 e. The number of halogens is 1. The van der Waals surface area contributed by atoms with Crippen molar-refractivity contribution in [2.75, 3.05) is 46.9 Å². The van der Waals surface area contributed by atoms with E-state index in [1.165, 1.54) is 5.56 Å². The number of hydrogen-bond donors (Lipinski definition) is 2. The van der Waals surface area contributed by atoms with Gasteiger partial charge in [0.25, 0.3) is 0 Å². The van der Waals surface area contributed by atoms with Gasteiger partial charge < -0.3 is 25.0 Å². The second-order valence-electron chi connectivity index (χ2n) is 7.05. The van der Waals surface area contributed by atoms with Crippen molar-refractivity contribution in [1.29, 1.82) is 0 Å². The van der Waals surface area contributed by atoms with Gasteiger partial charge in [-0.1, -0.05) is 12.1 Å². The molecule has 0 heterocycles. The summed E-state index contributed by atoms with van der Waals surface area (Å²) in [6.07, 6.45) is 1.20. The van der Waals surface area contributed by atoms with E-state index >= 15 is 0 Å². The van der Waals surface area contributed by atoms with Crippen molar-refractivity contribution in [2.24, 2.45) is 4.99 Å². The van der Waals surface area contributed by atoms with Gasteiger partial charge in [-0.15, -0.1) is 24.0 Å². The zero-order valence-corrected chi connectivity index (χ0v) is 20.7. The first-order chi connectivity index (χ1) is 13.0. The second kappa shape index (κ2) is 15.8. The van der Waals surface area contributed by atoms with Gasteiger partial charge in [0.05, 0.1) is 19.3 Å². The molecule has 162 valence electrons. The van der Waals surface area contributed by atoms with Crippen molar-refractivity contribution < 1.29 is 9.47 Å². The molecule has 0 spiro atoms. The first kappa shape index (κ1) is 26.9. The molecular weight excluding hydrogens is 467 g/mol. The Labute approximate surface area is 188 Å². The Kier molecular flexibility index (Phi) is 15.2. The molecule has 0 bridgehead atoms. The average Bonchev–Trinajstić information content (AvgIpc) is 2.62. The van der Waals surface area contributed by atoms with Crippen LogP contribution in [0.25, 0.3) is 0 Å². The summed E-state index contributed by atoms with van der Waals surface area (Å²) in [5, 5.41) is 6.73. The third-order valence-electron chi connectivity index (χ3n) is 4.02. The van der Waals surface area contributed by atoms with E-state index in [0.29, 0.717) is 6.54 Å². The van der Waals surface area contributed by atoms with Crippen molar-refractivity contribution in [3.8, 4) is 5.75 Å². The lowest BCUT2D eigenvalue weighted by atomic mass is 10.1. The predicted octanol–water partition coefficient (Wildman–Crippen LogP) is 3.42. The number of aryl methyl sites for hydroxylation is 1. The number of nitrogens with zero attached hydrogens (tertiary/aromatic N) is 2. The summed E-state index contributed by atoms with van der Waals surface area (Å²) in [6, 6.07) is 6.29. The number of aliphatic imine (C=N–C) groups is 1. The van der Waals surface area contributed by atoms with E-state index in [2.05, 4.69) is 54.6 Å². The molecule has 28 heavy (non-hydrogen) atoms. The van der Waals surface area contributed by atoms with E-state index in [1.54, 1.807) is 7.11 Å². The molecular formula is C21H39IN4O2. The van der Waals surface area contributed by atoms with Crippen LogP contribution in [0.1, 0.15) is 38.3 Å². The molecule has 1 aromatic rings. The van der Waals surface area contributed by atoms with E-state index in [0.717, 1.165) is 56.5 Å². The van der Waals surface area contributed by atoms with Gasteiger partial charge in [0.15, 0.2) is 5.96 Å². The molecule has 0 aliphatic rings. The summed E-state index contributed by atoms with van der Waals surface area (Å²) < 4.78 is 11.1. The summed E-state index contributed by atoms with van der Waals surface area (Å²) >= 11 is 0. The number of ether oxygens (including phenoxy) is 2. The fourth-order valence-corrected chi connectivity index (χ4v) is 2.58. The second-order valence-corrected chi connectivity index (χ2v) is 7.05. The SMILES string of the molecule is CCNC(=NCc1ccc(C)cc1OC(C)C)NCCCN(C)CCOC.I. The van der Waals surface area contributed by atoms with Gasteiger partial charge in [0, 0.05) is 32.3 Å². The van der Waals surface area contributed by atoms with Gasteiger partial charge in [-0.3, -0.25) is 0 Å². The molecule has 6 nitrogen and oxygen atoms in total. The number of methoxy groups -OCH3 is 1. The van der Waals surface area contributed by atoms with Crippen LogP contribution in [-0.4, -0.2) is 63.9 Å². The molecule has 2 N–H and O–H groups in total. The number of hydrogen-bond acceptors (Lipinski definition) is 4. The molecule has 0 saturated heterocycles. The summed E-state index contributed by atoms with van der Waals surface area (Å²) in [5.41, 5.74) is 2.30. The van der Waals surface area contributed by atoms with E-state index in [1.807, 2.05) is 13.8 Å². The summed E-state index contributed by atoms with van der Waals surface area (Å²) in [6.45, 7) is 13.3. The number of benzene rings is 1. The number of guanidine groups is 1. The lowest BCUT2D eigenvalue weighted by Crippen LogP contribution is -2.38. The molecule has 0 amide bonds. The van der Waals surface area contributed by atoms with Gasteiger partial charge in [0.2, 0.25) is 0 Å². The fraction of sp³-hybridized carbons (Fsp3) is 0.667. The maximum absolute atomic E-state index is 5.95. The highest BCUT2D eigenvalue weighted by Crippen LogP contribution is 2.22. The van der Waals surface area contributed by atoms with E-state index in [-0.39, 0.29) is 30.1 Å². The van der Waals surface area contributed by atoms with Gasteiger partial charge >= 0.3 is 0 Å². The molecule has 0 aliphatic heterocycles. The molecule has 0 aromatic heterocycles. The van der Waals surface area contributed by atoms with Crippen molar-refractivity contribution >= 4 is 29.9 Å². The number of likely N-dealkylation sites (N-methyl/N-ethyl adjacent to an activating group) is 1. The Morgan fingerprint density at radius 1 is 1.21 bits per heavy atom. The predicted molar refractivity (Wildman–Crippen MR) is 129 cm³/mol. The van der Waals surface area contributed by atoms with Crippen LogP contribution in [0.15, 0.2) is 23.2 Å². The highest BCUT2D eigenvalue weighted by atomic mass is 127. The van der Waals surface area contributed by atoms with Crippen LogP contribution in [0.4, 0.5) is 0 Å². The molecule has 0 aliphatic carbocycles. The fourth-order valence-electron chi connectivity index (χ4n) is 2.58. The normalized spacial score (nSPS) is 11.5.